The molecule has 15 heteroatoms. The van der Waals surface area contributed by atoms with Crippen LogP contribution in [0.2, 0.25) is 5.02 Å². The number of anilines is 3. The molecule has 172 valence electrons. The van der Waals surface area contributed by atoms with Crippen molar-refractivity contribution in [3.05, 3.63) is 51.0 Å². The summed E-state index contributed by atoms with van der Waals surface area (Å²) in [6, 6.07) is 7.71. The molecule has 1 aliphatic heterocycles. The number of nitrogens with one attached hydrogen (secondary N) is 2. The monoisotopic (exact) mass is 484 g/mol. The fourth-order valence-corrected chi connectivity index (χ4v) is 3.25. The van der Waals surface area contributed by atoms with Gasteiger partial charge in [-0.15, -0.1) is 0 Å². The second-order valence-electron chi connectivity index (χ2n) is 6.69. The number of ether oxygens (including phenoxy) is 3. The largest absolute Gasteiger partial charge is 0.495 e. The Morgan fingerprint density at radius 2 is 1.88 bits per heavy atom. The van der Waals surface area contributed by atoms with E-state index in [0.29, 0.717) is 22.2 Å². The van der Waals surface area contributed by atoms with E-state index in [9.17, 15) is 10.1 Å². The Morgan fingerprint density at radius 3 is 2.62 bits per heavy atom. The quantitative estimate of drug-likeness (QED) is 0.222. The normalized spacial score (nSPS) is 12.3. The third-order valence-corrected chi connectivity index (χ3v) is 4.86. The third kappa shape index (κ3) is 4.04. The van der Waals surface area contributed by atoms with E-state index in [0.717, 1.165) is 0 Å². The molecule has 0 aliphatic carbocycles. The smallest absolute Gasteiger partial charge is 0.282 e. The molecule has 0 atom stereocenters. The summed E-state index contributed by atoms with van der Waals surface area (Å²) < 4.78 is 20.5. The molecule has 0 unspecified atom stereocenters. The zero-order chi connectivity index (χ0) is 23.7. The van der Waals surface area contributed by atoms with Gasteiger partial charge in [0.05, 0.1) is 35.6 Å². The number of aromatic nitrogens is 4. The Balaban J connectivity index is 1.48. The van der Waals surface area contributed by atoms with Gasteiger partial charge in [0.15, 0.2) is 23.1 Å². The SMILES string of the molecule is COc1ccc(Cl)cc1Nc1nc2nonc2nc1N/N=C\c1cc2c(cc1[N+](=O)[O-])OCO2. The minimum Gasteiger partial charge on any atom is -0.495 e. The fraction of sp³-hybridized carbons (Fsp3) is 0.105. The first-order valence-electron chi connectivity index (χ1n) is 9.50. The summed E-state index contributed by atoms with van der Waals surface area (Å²) in [5, 5.41) is 26.4. The van der Waals surface area contributed by atoms with E-state index in [1.807, 2.05) is 0 Å². The lowest BCUT2D eigenvalue weighted by atomic mass is 10.1. The Bertz CT molecular complexity index is 1440. The van der Waals surface area contributed by atoms with Crippen LogP contribution in [0.15, 0.2) is 40.1 Å². The summed E-state index contributed by atoms with van der Waals surface area (Å²) in [5.74, 6) is 1.48. The molecule has 0 spiro atoms. The van der Waals surface area contributed by atoms with E-state index in [2.05, 4.69) is 40.8 Å². The molecule has 4 aromatic rings. The van der Waals surface area contributed by atoms with E-state index in [1.165, 1.54) is 25.5 Å². The summed E-state index contributed by atoms with van der Waals surface area (Å²) in [7, 11) is 1.51. The van der Waals surface area contributed by atoms with Crippen molar-refractivity contribution in [2.24, 2.45) is 5.10 Å². The van der Waals surface area contributed by atoms with Gasteiger partial charge in [-0.25, -0.2) is 9.61 Å². The van der Waals surface area contributed by atoms with Gasteiger partial charge in [-0.3, -0.25) is 15.5 Å². The molecule has 0 fully saturated rings. The maximum atomic E-state index is 11.5. The van der Waals surface area contributed by atoms with Crippen LogP contribution < -0.4 is 25.0 Å². The summed E-state index contributed by atoms with van der Waals surface area (Å²) in [6.07, 6.45) is 1.25. The maximum Gasteiger partial charge on any atom is 0.282 e. The molecule has 5 rings (SSSR count). The van der Waals surface area contributed by atoms with Crippen molar-refractivity contribution in [1.82, 2.24) is 20.3 Å². The second-order valence-corrected chi connectivity index (χ2v) is 7.13. The summed E-state index contributed by atoms with van der Waals surface area (Å²) in [6.45, 7) is -0.0192. The van der Waals surface area contributed by atoms with E-state index in [-0.39, 0.29) is 46.7 Å². The standard InChI is InChI=1S/C19H13ClN8O6/c1-31-13-3-2-10(20)5-11(13)22-16-17(24-19-18(23-16)26-34-27-19)25-21-7-9-4-14-15(33-8-32-14)6-12(9)28(29)30/h2-7H,8H2,1H3,(H,22,23,26)(H,24,25,27)/b21-7-. The highest BCUT2D eigenvalue weighted by Gasteiger charge is 2.22. The Kier molecular flexibility index (Phi) is 5.39. The predicted molar refractivity (Wildman–Crippen MR) is 119 cm³/mol. The number of hydrazone groups is 1. The minimum absolute atomic E-state index is 0.0192. The van der Waals surface area contributed by atoms with Gasteiger partial charge in [0, 0.05) is 5.02 Å². The summed E-state index contributed by atoms with van der Waals surface area (Å²) in [5.41, 5.74) is 3.44. The van der Waals surface area contributed by atoms with Crippen LogP contribution >= 0.6 is 11.6 Å². The van der Waals surface area contributed by atoms with Crippen molar-refractivity contribution < 1.29 is 23.8 Å². The molecule has 14 nitrogen and oxygen atoms in total. The number of rotatable bonds is 7. The molecule has 2 N–H and O–H groups in total. The van der Waals surface area contributed by atoms with Crippen LogP contribution in [-0.4, -0.2) is 45.3 Å². The van der Waals surface area contributed by atoms with Crippen LogP contribution in [0, 0.1) is 10.1 Å². The van der Waals surface area contributed by atoms with Gasteiger partial charge in [-0.1, -0.05) is 11.6 Å². The Hall–Kier alpha value is -4.72. The Labute approximate surface area is 194 Å². The number of nitro groups is 1. The zero-order valence-corrected chi connectivity index (χ0v) is 17.9. The van der Waals surface area contributed by atoms with Crippen LogP contribution in [0.25, 0.3) is 11.3 Å². The van der Waals surface area contributed by atoms with Gasteiger partial charge in [0.1, 0.15) is 5.75 Å². The lowest BCUT2D eigenvalue weighted by Gasteiger charge is -2.12. The molecule has 3 heterocycles. The highest BCUT2D eigenvalue weighted by molar-refractivity contribution is 6.31. The number of benzene rings is 2. The number of hydrogen-bond acceptors (Lipinski definition) is 13. The molecule has 0 saturated heterocycles. The van der Waals surface area contributed by atoms with E-state index < -0.39 is 4.92 Å². The third-order valence-electron chi connectivity index (χ3n) is 4.62. The van der Waals surface area contributed by atoms with E-state index in [4.69, 9.17) is 25.8 Å². The number of nitrogens with zero attached hydrogens (tertiary/aromatic N) is 6. The molecule has 34 heavy (non-hydrogen) atoms. The van der Waals surface area contributed by atoms with Crippen molar-refractivity contribution in [3.63, 3.8) is 0 Å². The molecular weight excluding hydrogens is 472 g/mol. The van der Waals surface area contributed by atoms with Crippen LogP contribution in [0.3, 0.4) is 0 Å². The van der Waals surface area contributed by atoms with Crippen LogP contribution in [-0.2, 0) is 0 Å². The van der Waals surface area contributed by atoms with Crippen LogP contribution in [0.1, 0.15) is 5.56 Å². The van der Waals surface area contributed by atoms with E-state index >= 15 is 0 Å². The number of halogens is 1. The molecule has 0 radical (unpaired) electrons. The molecule has 0 amide bonds. The van der Waals surface area contributed by atoms with Crippen LogP contribution in [0.4, 0.5) is 23.0 Å². The van der Waals surface area contributed by atoms with Crippen LogP contribution in [0.5, 0.6) is 17.2 Å². The molecule has 0 bridgehead atoms. The van der Waals surface area contributed by atoms with Crippen molar-refractivity contribution in [3.8, 4) is 17.2 Å². The predicted octanol–water partition coefficient (Wildman–Crippen LogP) is 3.50. The minimum atomic E-state index is -0.547. The van der Waals surface area contributed by atoms with Crippen molar-refractivity contribution in [2.75, 3.05) is 24.6 Å². The molecule has 2 aromatic carbocycles. The first kappa shape index (κ1) is 21.1. The van der Waals surface area contributed by atoms with Crippen molar-refractivity contribution >= 4 is 52.1 Å². The zero-order valence-electron chi connectivity index (χ0n) is 17.2. The first-order valence-corrected chi connectivity index (χ1v) is 9.87. The van der Waals surface area contributed by atoms with Gasteiger partial charge in [0.2, 0.25) is 18.1 Å². The van der Waals surface area contributed by atoms with Gasteiger partial charge in [0.25, 0.3) is 5.69 Å². The van der Waals surface area contributed by atoms with Gasteiger partial charge in [-0.05, 0) is 34.6 Å². The van der Waals surface area contributed by atoms with Gasteiger partial charge in [-0.2, -0.15) is 10.1 Å². The summed E-state index contributed by atoms with van der Waals surface area (Å²) >= 11 is 6.11. The maximum absolute atomic E-state index is 11.5. The van der Waals surface area contributed by atoms with E-state index in [1.54, 1.807) is 18.2 Å². The lowest BCUT2D eigenvalue weighted by Crippen LogP contribution is -2.04. The molecule has 0 saturated carbocycles. The lowest BCUT2D eigenvalue weighted by molar-refractivity contribution is -0.385. The van der Waals surface area contributed by atoms with Gasteiger partial charge >= 0.3 is 0 Å². The first-order chi connectivity index (χ1) is 16.5. The highest BCUT2D eigenvalue weighted by Crippen LogP contribution is 2.37. The van der Waals surface area contributed by atoms with Crippen molar-refractivity contribution in [1.29, 1.82) is 0 Å². The topological polar surface area (TPSA) is 172 Å². The highest BCUT2D eigenvalue weighted by atomic mass is 35.5. The molecular formula is C19H13ClN8O6. The number of fused-ring (bicyclic) bond motifs is 2. The average molecular weight is 485 g/mol. The average Bonchev–Trinajstić information content (AvgIpc) is 3.47. The number of nitro benzene ring substituents is 1. The summed E-state index contributed by atoms with van der Waals surface area (Å²) in [4.78, 5) is 19.5. The molecule has 1 aliphatic rings. The van der Waals surface area contributed by atoms with Gasteiger partial charge < -0.3 is 19.5 Å². The second kappa shape index (κ2) is 8.67. The number of hydrogen-bond donors (Lipinski definition) is 2. The molecule has 2 aromatic heterocycles. The number of methoxy groups -OCH3 is 1. The Morgan fingerprint density at radius 1 is 1.15 bits per heavy atom. The van der Waals surface area contributed by atoms with Crippen molar-refractivity contribution in [2.45, 2.75) is 0 Å². The fourth-order valence-electron chi connectivity index (χ4n) is 3.08.